The Morgan fingerprint density at radius 3 is 1.27 bits per heavy atom. The van der Waals surface area contributed by atoms with E-state index in [1.165, 1.54) is 71.9 Å². The minimum Gasteiger partial charge on any atom is -0.300 e. The molecule has 2 atom stereocenters. The van der Waals surface area contributed by atoms with Gasteiger partial charge in [0.2, 0.25) is 0 Å². The molecule has 0 radical (unpaired) electrons. The van der Waals surface area contributed by atoms with Gasteiger partial charge in [-0.05, 0) is 88.2 Å². The zero-order chi connectivity index (χ0) is 21.3. The van der Waals surface area contributed by atoms with Crippen LogP contribution in [-0.4, -0.2) is 5.78 Å². The number of carbonyl (C=O) groups is 1. The van der Waals surface area contributed by atoms with E-state index in [2.05, 4.69) is 64.1 Å². The Morgan fingerprint density at radius 1 is 0.667 bits per heavy atom. The largest absolute Gasteiger partial charge is 0.300 e. The molecule has 0 saturated heterocycles. The molecule has 4 rings (SSSR count). The SMILES string of the molecule is Cc1cc(C)cc([C@@H](CC(=O)C[C@H](c2cc(C)cc(C)c2)C2CCC2)C2CCC2)c1. The Balaban J connectivity index is 1.53. The van der Waals surface area contributed by atoms with Crippen LogP contribution in [-0.2, 0) is 4.79 Å². The molecule has 2 aliphatic rings. The highest BCUT2D eigenvalue weighted by atomic mass is 16.1. The summed E-state index contributed by atoms with van der Waals surface area (Å²) in [6.07, 6.45) is 9.24. The first-order valence-electron chi connectivity index (χ1n) is 12.1. The van der Waals surface area contributed by atoms with Crippen molar-refractivity contribution in [1.82, 2.24) is 0 Å². The van der Waals surface area contributed by atoms with Crippen LogP contribution in [0.3, 0.4) is 0 Å². The Bertz CT molecular complexity index is 787. The van der Waals surface area contributed by atoms with Gasteiger partial charge in [0.25, 0.3) is 0 Å². The molecule has 1 heteroatoms. The number of benzene rings is 2. The van der Waals surface area contributed by atoms with Crippen LogP contribution in [0.5, 0.6) is 0 Å². The highest BCUT2D eigenvalue weighted by Crippen LogP contribution is 2.45. The van der Waals surface area contributed by atoms with E-state index in [-0.39, 0.29) is 0 Å². The molecule has 2 aromatic rings. The smallest absolute Gasteiger partial charge is 0.134 e. The molecule has 0 aliphatic heterocycles. The van der Waals surface area contributed by atoms with Gasteiger partial charge in [0.05, 0.1) is 0 Å². The predicted octanol–water partition coefficient (Wildman–Crippen LogP) is 7.74. The molecule has 0 amide bonds. The average molecular weight is 403 g/mol. The van der Waals surface area contributed by atoms with Gasteiger partial charge in [-0.3, -0.25) is 4.79 Å². The van der Waals surface area contributed by atoms with Crippen LogP contribution in [0.4, 0.5) is 0 Å². The topological polar surface area (TPSA) is 17.1 Å². The maximum atomic E-state index is 13.4. The molecule has 0 spiro atoms. The lowest BCUT2D eigenvalue weighted by Gasteiger charge is -2.36. The fraction of sp³-hybridized carbons (Fsp3) is 0.552. The van der Waals surface area contributed by atoms with E-state index >= 15 is 0 Å². The lowest BCUT2D eigenvalue weighted by Crippen LogP contribution is -2.26. The van der Waals surface area contributed by atoms with Crippen LogP contribution in [0.2, 0.25) is 0 Å². The Hall–Kier alpha value is -1.89. The van der Waals surface area contributed by atoms with Crippen LogP contribution in [0, 0.1) is 39.5 Å². The first-order chi connectivity index (χ1) is 14.4. The summed E-state index contributed by atoms with van der Waals surface area (Å²) in [6.45, 7) is 8.73. The summed E-state index contributed by atoms with van der Waals surface area (Å²) in [5.41, 5.74) is 8.09. The molecule has 160 valence electrons. The molecule has 30 heavy (non-hydrogen) atoms. The first-order valence-corrected chi connectivity index (χ1v) is 12.1. The number of hydrogen-bond acceptors (Lipinski definition) is 1. The van der Waals surface area contributed by atoms with Crippen LogP contribution in [0.15, 0.2) is 36.4 Å². The van der Waals surface area contributed by atoms with Gasteiger partial charge in [0, 0.05) is 12.8 Å². The highest BCUT2D eigenvalue weighted by Gasteiger charge is 2.34. The summed E-state index contributed by atoms with van der Waals surface area (Å²) < 4.78 is 0. The number of aryl methyl sites for hydroxylation is 4. The molecule has 0 heterocycles. The van der Waals surface area contributed by atoms with Gasteiger partial charge in [-0.1, -0.05) is 71.5 Å². The Kier molecular flexibility index (Phi) is 6.46. The fourth-order valence-corrected chi connectivity index (χ4v) is 5.82. The number of hydrogen-bond donors (Lipinski definition) is 0. The maximum Gasteiger partial charge on any atom is 0.134 e. The van der Waals surface area contributed by atoms with Gasteiger partial charge in [-0.25, -0.2) is 0 Å². The van der Waals surface area contributed by atoms with Crippen molar-refractivity contribution in [1.29, 1.82) is 0 Å². The summed E-state index contributed by atoms with van der Waals surface area (Å²) in [5.74, 6) is 2.68. The second kappa shape index (κ2) is 9.08. The summed E-state index contributed by atoms with van der Waals surface area (Å²) in [4.78, 5) is 13.4. The van der Waals surface area contributed by atoms with E-state index in [9.17, 15) is 4.79 Å². The van der Waals surface area contributed by atoms with Crippen molar-refractivity contribution >= 4 is 5.78 Å². The van der Waals surface area contributed by atoms with Crippen LogP contribution in [0.1, 0.15) is 96.6 Å². The van der Waals surface area contributed by atoms with Crippen LogP contribution in [0.25, 0.3) is 0 Å². The third-order valence-electron chi connectivity index (χ3n) is 7.68. The summed E-state index contributed by atoms with van der Waals surface area (Å²) >= 11 is 0. The van der Waals surface area contributed by atoms with Crippen molar-refractivity contribution in [3.05, 3.63) is 69.8 Å². The third kappa shape index (κ3) is 4.88. The van der Waals surface area contributed by atoms with Gasteiger partial charge in [0.15, 0.2) is 0 Å². The molecule has 0 bridgehead atoms. The molecule has 0 unspecified atom stereocenters. The summed E-state index contributed by atoms with van der Waals surface area (Å²) in [6, 6.07) is 13.8. The molecule has 2 saturated carbocycles. The van der Waals surface area contributed by atoms with E-state index in [0.29, 0.717) is 29.5 Å². The van der Waals surface area contributed by atoms with Gasteiger partial charge >= 0.3 is 0 Å². The van der Waals surface area contributed by atoms with Gasteiger partial charge in [-0.2, -0.15) is 0 Å². The monoisotopic (exact) mass is 402 g/mol. The van der Waals surface area contributed by atoms with E-state index in [0.717, 1.165) is 12.8 Å². The van der Waals surface area contributed by atoms with Gasteiger partial charge < -0.3 is 0 Å². The van der Waals surface area contributed by atoms with Gasteiger partial charge in [-0.15, -0.1) is 0 Å². The minimum absolute atomic E-state index is 0.408. The zero-order valence-corrected chi connectivity index (χ0v) is 19.3. The van der Waals surface area contributed by atoms with Crippen LogP contribution < -0.4 is 0 Å². The number of ketones is 1. The second-order valence-electron chi connectivity index (χ2n) is 10.4. The van der Waals surface area contributed by atoms with E-state index in [4.69, 9.17) is 0 Å². The van der Waals surface area contributed by atoms with Crippen molar-refractivity contribution in [2.24, 2.45) is 11.8 Å². The molecule has 0 N–H and O–H groups in total. The standard InChI is InChI=1S/C29H38O/c1-19-11-20(2)14-25(13-19)28(23-7-5-8-23)17-27(30)18-29(24-9-6-10-24)26-15-21(3)12-22(4)16-26/h11-16,23-24,28-29H,5-10,17-18H2,1-4H3/t28-,29-/m0/s1. The molecule has 2 aromatic carbocycles. The second-order valence-corrected chi connectivity index (χ2v) is 10.4. The molecular weight excluding hydrogens is 364 g/mol. The fourth-order valence-electron chi connectivity index (χ4n) is 5.82. The lowest BCUT2D eigenvalue weighted by atomic mass is 9.68. The van der Waals surface area contributed by atoms with Crippen molar-refractivity contribution in [2.75, 3.05) is 0 Å². The van der Waals surface area contributed by atoms with Crippen molar-refractivity contribution in [3.8, 4) is 0 Å². The van der Waals surface area contributed by atoms with E-state index < -0.39 is 0 Å². The van der Waals surface area contributed by atoms with Crippen LogP contribution >= 0.6 is 0 Å². The summed E-state index contributed by atoms with van der Waals surface area (Å²) in [7, 11) is 0. The minimum atomic E-state index is 0.408. The number of carbonyl (C=O) groups excluding carboxylic acids is 1. The lowest BCUT2D eigenvalue weighted by molar-refractivity contribution is -0.120. The molecule has 2 aliphatic carbocycles. The van der Waals surface area contributed by atoms with Gasteiger partial charge in [0.1, 0.15) is 5.78 Å². The predicted molar refractivity (Wildman–Crippen MR) is 126 cm³/mol. The zero-order valence-electron chi connectivity index (χ0n) is 19.3. The number of rotatable bonds is 8. The highest BCUT2D eigenvalue weighted by molar-refractivity contribution is 5.80. The molecule has 0 aromatic heterocycles. The van der Waals surface area contributed by atoms with Crippen molar-refractivity contribution < 1.29 is 4.79 Å². The van der Waals surface area contributed by atoms with Crippen molar-refractivity contribution in [3.63, 3.8) is 0 Å². The average Bonchev–Trinajstić information content (AvgIpc) is 2.55. The Morgan fingerprint density at radius 2 is 1.00 bits per heavy atom. The number of Topliss-reactive ketones (excluding diaryl/α,β-unsaturated/α-hetero) is 1. The summed E-state index contributed by atoms with van der Waals surface area (Å²) in [5, 5.41) is 0. The third-order valence-corrected chi connectivity index (χ3v) is 7.68. The molecular formula is C29H38O. The normalized spacial score (nSPS) is 19.1. The Labute approximate surface area is 183 Å². The quantitative estimate of drug-likeness (QED) is 0.441. The molecule has 2 fully saturated rings. The van der Waals surface area contributed by atoms with E-state index in [1.807, 2.05) is 0 Å². The van der Waals surface area contributed by atoms with Crippen molar-refractivity contribution in [2.45, 2.75) is 90.9 Å². The first kappa shape index (κ1) is 21.3. The molecule has 1 nitrogen and oxygen atoms in total. The van der Waals surface area contributed by atoms with E-state index in [1.54, 1.807) is 0 Å². The maximum absolute atomic E-state index is 13.4.